The van der Waals surface area contributed by atoms with Crippen LogP contribution in [0.1, 0.15) is 22.5 Å². The van der Waals surface area contributed by atoms with Gasteiger partial charge in [-0.25, -0.2) is 0 Å². The van der Waals surface area contributed by atoms with Crippen molar-refractivity contribution in [2.24, 2.45) is 5.92 Å². The van der Waals surface area contributed by atoms with Gasteiger partial charge < -0.3 is 15.4 Å². The number of thiophene rings is 1. The molecule has 1 aliphatic heterocycles. The highest BCUT2D eigenvalue weighted by atomic mass is 32.1. The van der Waals surface area contributed by atoms with E-state index in [0.29, 0.717) is 23.1 Å². The molecule has 2 heterocycles. The van der Waals surface area contributed by atoms with E-state index in [9.17, 15) is 4.79 Å². The Balaban J connectivity index is 1.84. The third-order valence-corrected chi connectivity index (χ3v) is 5.21. The van der Waals surface area contributed by atoms with Gasteiger partial charge in [0, 0.05) is 30.3 Å². The van der Waals surface area contributed by atoms with Crippen molar-refractivity contribution in [2.75, 3.05) is 32.5 Å². The largest absolute Gasteiger partial charge is 0.397 e. The van der Waals surface area contributed by atoms with E-state index in [0.717, 1.165) is 36.0 Å². The topological polar surface area (TPSA) is 55.6 Å². The van der Waals surface area contributed by atoms with Crippen molar-refractivity contribution in [1.29, 1.82) is 0 Å². The number of carbonyl (C=O) groups excluding carboxylic acids is 1. The number of hydrogen-bond acceptors (Lipinski definition) is 4. The summed E-state index contributed by atoms with van der Waals surface area (Å²) in [5.41, 5.74) is 6.80. The van der Waals surface area contributed by atoms with E-state index in [1.54, 1.807) is 7.11 Å². The van der Waals surface area contributed by atoms with Gasteiger partial charge in [-0.1, -0.05) is 18.2 Å². The molecule has 1 saturated heterocycles. The maximum absolute atomic E-state index is 12.8. The van der Waals surface area contributed by atoms with Crippen LogP contribution >= 0.6 is 11.3 Å². The number of nitrogens with two attached hydrogens (primary N) is 1. The lowest BCUT2D eigenvalue weighted by Crippen LogP contribution is -2.41. The molecular formula is C16H20N2O2S. The molecular weight excluding hydrogens is 284 g/mol. The van der Waals surface area contributed by atoms with Crippen molar-refractivity contribution in [3.05, 3.63) is 29.1 Å². The molecule has 1 atom stereocenters. The number of ether oxygens (including phenoxy) is 1. The Morgan fingerprint density at radius 2 is 2.29 bits per heavy atom. The second-order valence-corrected chi connectivity index (χ2v) is 6.61. The van der Waals surface area contributed by atoms with Gasteiger partial charge in [0.1, 0.15) is 4.88 Å². The number of nitrogen functional groups attached to an aromatic ring is 1. The number of carbonyl (C=O) groups is 1. The fourth-order valence-corrected chi connectivity index (χ4v) is 4.08. The Hall–Kier alpha value is -1.59. The van der Waals surface area contributed by atoms with Crippen LogP contribution in [0.2, 0.25) is 0 Å². The summed E-state index contributed by atoms with van der Waals surface area (Å²) in [4.78, 5) is 15.4. The Morgan fingerprint density at radius 3 is 3.05 bits per heavy atom. The van der Waals surface area contributed by atoms with Crippen molar-refractivity contribution in [3.63, 3.8) is 0 Å². The zero-order valence-electron chi connectivity index (χ0n) is 12.2. The first-order valence-corrected chi connectivity index (χ1v) is 8.07. The average Bonchev–Trinajstić information content (AvgIpc) is 2.85. The van der Waals surface area contributed by atoms with E-state index in [1.165, 1.54) is 11.3 Å². The van der Waals surface area contributed by atoms with Crippen molar-refractivity contribution in [2.45, 2.75) is 12.8 Å². The maximum atomic E-state index is 12.8. The molecule has 0 saturated carbocycles. The van der Waals surface area contributed by atoms with Gasteiger partial charge in [0.05, 0.1) is 12.3 Å². The van der Waals surface area contributed by atoms with Crippen molar-refractivity contribution >= 4 is 33.0 Å². The molecule has 112 valence electrons. The molecule has 0 aliphatic carbocycles. The van der Waals surface area contributed by atoms with Crippen LogP contribution in [0.5, 0.6) is 0 Å². The first-order chi connectivity index (χ1) is 10.2. The van der Waals surface area contributed by atoms with Gasteiger partial charge in [-0.2, -0.15) is 0 Å². The molecule has 4 nitrogen and oxygen atoms in total. The second kappa shape index (κ2) is 6.03. The van der Waals surface area contributed by atoms with Crippen LogP contribution in [-0.4, -0.2) is 37.6 Å². The standard InChI is InChI=1S/C16H20N2O2S/c1-20-10-11-5-4-8-18(9-11)16(19)15-14(17)12-6-2-3-7-13(12)21-15/h2-3,6-7,11H,4-5,8-10,17H2,1H3. The van der Waals surface area contributed by atoms with Crippen LogP contribution in [-0.2, 0) is 4.74 Å². The van der Waals surface area contributed by atoms with Gasteiger partial charge in [-0.3, -0.25) is 4.79 Å². The summed E-state index contributed by atoms with van der Waals surface area (Å²) in [6, 6.07) is 7.91. The summed E-state index contributed by atoms with van der Waals surface area (Å²) in [5.74, 6) is 0.498. The monoisotopic (exact) mass is 304 g/mol. The summed E-state index contributed by atoms with van der Waals surface area (Å²) >= 11 is 1.49. The van der Waals surface area contributed by atoms with Gasteiger partial charge in [0.15, 0.2) is 0 Å². The number of amides is 1. The molecule has 21 heavy (non-hydrogen) atoms. The van der Waals surface area contributed by atoms with E-state index in [1.807, 2.05) is 29.2 Å². The van der Waals surface area contributed by atoms with Gasteiger partial charge in [-0.15, -0.1) is 11.3 Å². The molecule has 3 rings (SSSR count). The lowest BCUT2D eigenvalue weighted by Gasteiger charge is -2.32. The van der Waals surface area contributed by atoms with E-state index in [2.05, 4.69) is 0 Å². The molecule has 5 heteroatoms. The van der Waals surface area contributed by atoms with Gasteiger partial charge in [-0.05, 0) is 24.8 Å². The summed E-state index contributed by atoms with van der Waals surface area (Å²) in [7, 11) is 1.71. The lowest BCUT2D eigenvalue weighted by atomic mass is 9.99. The lowest BCUT2D eigenvalue weighted by molar-refractivity contribution is 0.0576. The maximum Gasteiger partial charge on any atom is 0.266 e. The minimum atomic E-state index is 0.0644. The number of nitrogens with zero attached hydrogens (tertiary/aromatic N) is 1. The summed E-state index contributed by atoms with van der Waals surface area (Å²) < 4.78 is 6.30. The fraction of sp³-hybridized carbons (Fsp3) is 0.438. The Kier molecular flexibility index (Phi) is 4.12. The van der Waals surface area contributed by atoms with E-state index < -0.39 is 0 Å². The highest BCUT2D eigenvalue weighted by Gasteiger charge is 2.27. The molecule has 1 aromatic heterocycles. The normalized spacial score (nSPS) is 19.1. The molecule has 0 radical (unpaired) electrons. The van der Waals surface area contributed by atoms with Gasteiger partial charge >= 0.3 is 0 Å². The number of likely N-dealkylation sites (tertiary alicyclic amines) is 1. The van der Waals surface area contributed by atoms with Gasteiger partial charge in [0.2, 0.25) is 0 Å². The zero-order chi connectivity index (χ0) is 14.8. The molecule has 2 N–H and O–H groups in total. The number of hydrogen-bond donors (Lipinski definition) is 1. The Labute approximate surface area is 128 Å². The molecule has 2 aromatic rings. The first kappa shape index (κ1) is 14.4. The SMILES string of the molecule is COCC1CCCN(C(=O)c2sc3ccccc3c2N)C1. The average molecular weight is 304 g/mol. The number of rotatable bonds is 3. The number of fused-ring (bicyclic) bond motifs is 1. The summed E-state index contributed by atoms with van der Waals surface area (Å²) in [6.07, 6.45) is 2.16. The molecule has 1 aliphatic rings. The first-order valence-electron chi connectivity index (χ1n) is 7.26. The molecule has 0 spiro atoms. The number of methoxy groups -OCH3 is 1. The van der Waals surface area contributed by atoms with Gasteiger partial charge in [0.25, 0.3) is 5.91 Å². The molecule has 1 fully saturated rings. The summed E-state index contributed by atoms with van der Waals surface area (Å²) in [5, 5.41) is 0.983. The van der Waals surface area contributed by atoms with Crippen LogP contribution in [0.3, 0.4) is 0 Å². The van der Waals surface area contributed by atoms with Crippen LogP contribution in [0.25, 0.3) is 10.1 Å². The Morgan fingerprint density at radius 1 is 1.48 bits per heavy atom. The smallest absolute Gasteiger partial charge is 0.266 e. The van der Waals surface area contributed by atoms with E-state index >= 15 is 0 Å². The number of piperidine rings is 1. The number of anilines is 1. The molecule has 0 bridgehead atoms. The highest BCUT2D eigenvalue weighted by Crippen LogP contribution is 2.34. The van der Waals surface area contributed by atoms with E-state index in [-0.39, 0.29) is 5.91 Å². The predicted octanol–water partition coefficient (Wildman–Crippen LogP) is 2.98. The number of benzene rings is 1. The minimum Gasteiger partial charge on any atom is -0.397 e. The van der Waals surface area contributed by atoms with Crippen molar-refractivity contribution in [3.8, 4) is 0 Å². The minimum absolute atomic E-state index is 0.0644. The third kappa shape index (κ3) is 2.76. The van der Waals surface area contributed by atoms with Crippen LogP contribution in [0, 0.1) is 5.92 Å². The van der Waals surface area contributed by atoms with Crippen LogP contribution in [0.4, 0.5) is 5.69 Å². The van der Waals surface area contributed by atoms with Crippen molar-refractivity contribution < 1.29 is 9.53 Å². The molecule has 1 unspecified atom stereocenters. The van der Waals surface area contributed by atoms with Crippen molar-refractivity contribution in [1.82, 2.24) is 4.90 Å². The van der Waals surface area contributed by atoms with Crippen LogP contribution in [0.15, 0.2) is 24.3 Å². The zero-order valence-corrected chi connectivity index (χ0v) is 13.0. The van der Waals surface area contributed by atoms with E-state index in [4.69, 9.17) is 10.5 Å². The Bertz CT molecular complexity index is 651. The second-order valence-electron chi connectivity index (χ2n) is 5.56. The third-order valence-electron chi connectivity index (χ3n) is 4.04. The highest BCUT2D eigenvalue weighted by molar-refractivity contribution is 7.21. The van der Waals surface area contributed by atoms with Crippen LogP contribution < -0.4 is 5.73 Å². The molecule has 1 aromatic carbocycles. The molecule has 1 amide bonds. The quantitative estimate of drug-likeness (QED) is 0.948. The summed E-state index contributed by atoms with van der Waals surface area (Å²) in [6.45, 7) is 2.29. The fourth-order valence-electron chi connectivity index (χ4n) is 2.99. The predicted molar refractivity (Wildman–Crippen MR) is 86.7 cm³/mol.